The fraction of sp³-hybridized carbons (Fsp3) is 0.250. The Morgan fingerprint density at radius 2 is 2.11 bits per heavy atom. The molecule has 0 bridgehead atoms. The van der Waals surface area contributed by atoms with E-state index in [-0.39, 0.29) is 0 Å². The predicted octanol–water partition coefficient (Wildman–Crippen LogP) is 4.45. The smallest absolute Gasteiger partial charge is 0.146 e. The van der Waals surface area contributed by atoms with Gasteiger partial charge in [0, 0.05) is 40.9 Å². The summed E-state index contributed by atoms with van der Waals surface area (Å²) in [5.41, 5.74) is 4.06. The average molecular weight is 424 g/mol. The Hall–Kier alpha value is -2.67. The normalized spacial score (nSPS) is 14.0. The highest BCUT2D eigenvalue weighted by Gasteiger charge is 2.30. The Morgan fingerprint density at radius 1 is 1.22 bits per heavy atom. The molecule has 1 aromatic carbocycles. The molecule has 136 valence electrons. The van der Waals surface area contributed by atoms with Gasteiger partial charge in [0.05, 0.1) is 36.6 Å². The van der Waals surface area contributed by atoms with E-state index in [2.05, 4.69) is 42.6 Å². The van der Waals surface area contributed by atoms with Crippen molar-refractivity contribution in [2.24, 2.45) is 0 Å². The minimum atomic E-state index is 0.487. The summed E-state index contributed by atoms with van der Waals surface area (Å²) in [5, 5.41) is 0. The first-order chi connectivity index (χ1) is 13.2. The number of aromatic nitrogens is 5. The molecular formula is C20H18BrN5O. The summed E-state index contributed by atoms with van der Waals surface area (Å²) in [4.78, 5) is 13.5. The largest absolute Gasteiger partial charge is 0.496 e. The quantitative estimate of drug-likeness (QED) is 0.475. The summed E-state index contributed by atoms with van der Waals surface area (Å²) in [6.45, 7) is 0.652. The van der Waals surface area contributed by atoms with Crippen molar-refractivity contribution >= 4 is 27.0 Å². The summed E-state index contributed by atoms with van der Waals surface area (Å²) < 4.78 is 11.2. The van der Waals surface area contributed by atoms with Crippen LogP contribution in [0.1, 0.15) is 24.4 Å². The molecule has 0 atom stereocenters. The van der Waals surface area contributed by atoms with Gasteiger partial charge >= 0.3 is 0 Å². The topological polar surface area (TPSA) is 57.8 Å². The molecule has 0 spiro atoms. The summed E-state index contributed by atoms with van der Waals surface area (Å²) in [6, 6.07) is 6.71. The summed E-state index contributed by atoms with van der Waals surface area (Å²) >= 11 is 3.59. The average Bonchev–Trinajstić information content (AvgIpc) is 3.24. The Labute approximate surface area is 165 Å². The lowest BCUT2D eigenvalue weighted by Gasteiger charge is -2.14. The van der Waals surface area contributed by atoms with Crippen LogP contribution in [0.2, 0.25) is 0 Å². The maximum absolute atomic E-state index is 5.82. The zero-order chi connectivity index (χ0) is 18.4. The molecule has 4 aromatic rings. The zero-order valence-corrected chi connectivity index (χ0v) is 16.4. The third-order valence-electron chi connectivity index (χ3n) is 4.89. The molecule has 0 saturated heterocycles. The number of imidazole rings is 2. The first-order valence-corrected chi connectivity index (χ1v) is 9.68. The number of methoxy groups -OCH3 is 1. The molecule has 0 N–H and O–H groups in total. The van der Waals surface area contributed by atoms with E-state index < -0.39 is 0 Å². The highest BCUT2D eigenvalue weighted by Crippen LogP contribution is 2.43. The second-order valence-electron chi connectivity index (χ2n) is 6.78. The van der Waals surface area contributed by atoms with Crippen molar-refractivity contribution in [3.05, 3.63) is 59.3 Å². The molecule has 1 aliphatic rings. The fourth-order valence-corrected chi connectivity index (χ4v) is 3.89. The van der Waals surface area contributed by atoms with E-state index >= 15 is 0 Å². The maximum Gasteiger partial charge on any atom is 0.146 e. The molecule has 3 heterocycles. The monoisotopic (exact) mass is 423 g/mol. The van der Waals surface area contributed by atoms with Crippen LogP contribution in [0.5, 0.6) is 5.75 Å². The number of benzene rings is 1. The lowest BCUT2D eigenvalue weighted by Crippen LogP contribution is -2.04. The van der Waals surface area contributed by atoms with Crippen molar-refractivity contribution < 1.29 is 4.74 Å². The van der Waals surface area contributed by atoms with Crippen molar-refractivity contribution in [2.75, 3.05) is 7.11 Å². The van der Waals surface area contributed by atoms with Crippen LogP contribution in [-0.2, 0) is 6.54 Å². The van der Waals surface area contributed by atoms with Crippen molar-refractivity contribution in [1.29, 1.82) is 0 Å². The molecule has 1 aliphatic carbocycles. The third-order valence-corrected chi connectivity index (χ3v) is 5.38. The molecule has 0 radical (unpaired) electrons. The highest BCUT2D eigenvalue weighted by molar-refractivity contribution is 9.10. The van der Waals surface area contributed by atoms with Gasteiger partial charge in [-0.3, -0.25) is 4.98 Å². The van der Waals surface area contributed by atoms with Crippen LogP contribution in [0.15, 0.2) is 53.8 Å². The predicted molar refractivity (Wildman–Crippen MR) is 107 cm³/mol. The molecular weight excluding hydrogens is 406 g/mol. The molecule has 3 aromatic heterocycles. The Kier molecular flexibility index (Phi) is 3.97. The van der Waals surface area contributed by atoms with Gasteiger partial charge < -0.3 is 13.9 Å². The Morgan fingerprint density at radius 3 is 2.85 bits per heavy atom. The van der Waals surface area contributed by atoms with Gasteiger partial charge in [0.2, 0.25) is 0 Å². The summed E-state index contributed by atoms with van der Waals surface area (Å²) in [5.74, 6) is 1.73. The lowest BCUT2D eigenvalue weighted by molar-refractivity contribution is 0.409. The molecule has 6 nitrogen and oxygen atoms in total. The second kappa shape index (κ2) is 6.49. The van der Waals surface area contributed by atoms with E-state index in [1.54, 1.807) is 19.6 Å². The van der Waals surface area contributed by atoms with Crippen LogP contribution in [0, 0.1) is 0 Å². The fourth-order valence-electron chi connectivity index (χ4n) is 3.54. The van der Waals surface area contributed by atoms with Crippen LogP contribution in [-0.4, -0.2) is 31.2 Å². The summed E-state index contributed by atoms with van der Waals surface area (Å²) in [6.07, 6.45) is 11.6. The molecule has 0 aliphatic heterocycles. The number of nitrogens with zero attached hydrogens (tertiary/aromatic N) is 5. The molecule has 0 amide bonds. The van der Waals surface area contributed by atoms with Crippen LogP contribution in [0.3, 0.4) is 0 Å². The highest BCUT2D eigenvalue weighted by atomic mass is 79.9. The number of hydrogen-bond acceptors (Lipinski definition) is 4. The van der Waals surface area contributed by atoms with E-state index in [4.69, 9.17) is 9.72 Å². The van der Waals surface area contributed by atoms with E-state index in [1.165, 1.54) is 12.8 Å². The lowest BCUT2D eigenvalue weighted by atomic mass is 10.1. The van der Waals surface area contributed by atoms with Gasteiger partial charge in [-0.25, -0.2) is 9.97 Å². The van der Waals surface area contributed by atoms with Crippen molar-refractivity contribution in [1.82, 2.24) is 24.1 Å². The van der Waals surface area contributed by atoms with Crippen molar-refractivity contribution in [3.63, 3.8) is 0 Å². The number of rotatable bonds is 5. The Bertz CT molecular complexity index is 1120. The van der Waals surface area contributed by atoms with E-state index in [0.717, 1.165) is 38.2 Å². The minimum Gasteiger partial charge on any atom is -0.496 e. The van der Waals surface area contributed by atoms with Gasteiger partial charge in [-0.15, -0.1) is 0 Å². The standard InChI is InChI=1S/C20H18BrN5O/c1-27-19-13(11-25-7-6-22-12-25)9-23-10-16(19)20-24-17-5-2-14(21)8-18(17)26(20)15-3-4-15/h2,5-10,12,15H,3-4,11H2,1H3. The maximum atomic E-state index is 5.82. The van der Waals surface area contributed by atoms with Crippen LogP contribution < -0.4 is 4.74 Å². The number of hydrogen-bond donors (Lipinski definition) is 0. The number of ether oxygens (including phenoxy) is 1. The number of pyridine rings is 1. The van der Waals surface area contributed by atoms with Gasteiger partial charge in [0.25, 0.3) is 0 Å². The van der Waals surface area contributed by atoms with E-state index in [0.29, 0.717) is 12.6 Å². The third kappa shape index (κ3) is 2.92. The van der Waals surface area contributed by atoms with E-state index in [1.807, 2.05) is 29.2 Å². The first-order valence-electron chi connectivity index (χ1n) is 8.89. The summed E-state index contributed by atoms with van der Waals surface area (Å²) in [7, 11) is 1.71. The molecule has 0 unspecified atom stereocenters. The molecule has 1 saturated carbocycles. The van der Waals surface area contributed by atoms with E-state index in [9.17, 15) is 0 Å². The van der Waals surface area contributed by atoms with Gasteiger partial charge in [-0.1, -0.05) is 15.9 Å². The number of fused-ring (bicyclic) bond motifs is 1. The van der Waals surface area contributed by atoms with Crippen LogP contribution >= 0.6 is 15.9 Å². The number of halogens is 1. The first kappa shape index (κ1) is 16.5. The minimum absolute atomic E-state index is 0.487. The van der Waals surface area contributed by atoms with Crippen LogP contribution in [0.4, 0.5) is 0 Å². The van der Waals surface area contributed by atoms with Gasteiger partial charge in [0.1, 0.15) is 11.6 Å². The Balaban J connectivity index is 1.69. The van der Waals surface area contributed by atoms with Crippen molar-refractivity contribution in [3.8, 4) is 17.1 Å². The van der Waals surface area contributed by atoms with Gasteiger partial charge in [-0.05, 0) is 31.0 Å². The molecule has 1 fully saturated rings. The van der Waals surface area contributed by atoms with Gasteiger partial charge in [0.15, 0.2) is 0 Å². The zero-order valence-electron chi connectivity index (χ0n) is 14.8. The molecule has 7 heteroatoms. The molecule has 27 heavy (non-hydrogen) atoms. The van der Waals surface area contributed by atoms with Crippen molar-refractivity contribution in [2.45, 2.75) is 25.4 Å². The van der Waals surface area contributed by atoms with Crippen LogP contribution in [0.25, 0.3) is 22.4 Å². The SMILES string of the molecule is COc1c(Cn2ccnc2)cncc1-c1nc2ccc(Br)cc2n1C1CC1. The van der Waals surface area contributed by atoms with Gasteiger partial charge in [-0.2, -0.15) is 0 Å². The second-order valence-corrected chi connectivity index (χ2v) is 7.70. The molecule has 5 rings (SSSR count).